The minimum Gasteiger partial charge on any atom is -0.383 e. The fourth-order valence-electron chi connectivity index (χ4n) is 1.60. The molecule has 0 aliphatic rings. The van der Waals surface area contributed by atoms with Crippen molar-refractivity contribution in [2.24, 2.45) is 5.73 Å². The summed E-state index contributed by atoms with van der Waals surface area (Å²) in [4.78, 5) is 15.7. The Bertz CT molecular complexity index is 485. The highest BCUT2D eigenvalue weighted by Gasteiger charge is 2.17. The van der Waals surface area contributed by atoms with Gasteiger partial charge >= 0.3 is 0 Å². The quantitative estimate of drug-likeness (QED) is 0.831. The third-order valence-electron chi connectivity index (χ3n) is 2.67. The van der Waals surface area contributed by atoms with Crippen molar-refractivity contribution in [3.8, 4) is 11.8 Å². The van der Waals surface area contributed by atoms with Gasteiger partial charge in [-0.1, -0.05) is 11.8 Å². The highest BCUT2D eigenvalue weighted by molar-refractivity contribution is 7.14. The standard InChI is InChI=1S/C14H20N2O2S/c1-4-16(8-9-18-3)14(17)13-10-11(2)12(19-13)6-5-7-15/h10H,4,7-9,15H2,1-3H3. The Labute approximate surface area is 118 Å². The van der Waals surface area contributed by atoms with Crippen molar-refractivity contribution in [3.05, 3.63) is 21.4 Å². The molecule has 0 bridgehead atoms. The van der Waals surface area contributed by atoms with E-state index in [9.17, 15) is 4.79 Å². The van der Waals surface area contributed by atoms with E-state index < -0.39 is 0 Å². The summed E-state index contributed by atoms with van der Waals surface area (Å²) in [5.74, 6) is 5.85. The summed E-state index contributed by atoms with van der Waals surface area (Å²) in [6.07, 6.45) is 0. The van der Waals surface area contributed by atoms with Crippen molar-refractivity contribution in [1.82, 2.24) is 4.90 Å². The van der Waals surface area contributed by atoms with E-state index in [4.69, 9.17) is 10.5 Å². The smallest absolute Gasteiger partial charge is 0.264 e. The summed E-state index contributed by atoms with van der Waals surface area (Å²) in [6.45, 7) is 6.07. The fourth-order valence-corrected chi connectivity index (χ4v) is 2.62. The number of aryl methyl sites for hydroxylation is 1. The maximum atomic E-state index is 12.3. The number of amides is 1. The van der Waals surface area contributed by atoms with Gasteiger partial charge in [0.15, 0.2) is 0 Å². The minimum absolute atomic E-state index is 0.0356. The van der Waals surface area contributed by atoms with Gasteiger partial charge in [-0.2, -0.15) is 0 Å². The number of nitrogens with two attached hydrogens (primary N) is 1. The number of ether oxygens (including phenoxy) is 1. The van der Waals surface area contributed by atoms with E-state index in [0.717, 1.165) is 15.3 Å². The molecule has 0 aromatic carbocycles. The number of hydrogen-bond donors (Lipinski definition) is 1. The van der Waals surface area contributed by atoms with E-state index in [1.807, 2.05) is 19.9 Å². The second kappa shape index (κ2) is 7.95. The lowest BCUT2D eigenvalue weighted by Crippen LogP contribution is -2.33. The molecule has 2 N–H and O–H groups in total. The molecule has 0 saturated carbocycles. The molecule has 0 radical (unpaired) electrons. The molecule has 1 aromatic heterocycles. The Morgan fingerprint density at radius 1 is 1.58 bits per heavy atom. The first-order chi connectivity index (χ1) is 9.13. The molecule has 0 saturated heterocycles. The zero-order valence-corrected chi connectivity index (χ0v) is 12.5. The van der Waals surface area contributed by atoms with Crippen molar-refractivity contribution in [2.45, 2.75) is 13.8 Å². The van der Waals surface area contributed by atoms with Gasteiger partial charge in [0.2, 0.25) is 0 Å². The van der Waals surface area contributed by atoms with E-state index >= 15 is 0 Å². The molecule has 104 valence electrons. The molecule has 0 aliphatic carbocycles. The number of carbonyl (C=O) groups is 1. The molecular weight excluding hydrogens is 260 g/mol. The molecule has 0 spiro atoms. The van der Waals surface area contributed by atoms with Crippen LogP contribution in [0.25, 0.3) is 0 Å². The monoisotopic (exact) mass is 280 g/mol. The van der Waals surface area contributed by atoms with Gasteiger partial charge in [0, 0.05) is 20.2 Å². The van der Waals surface area contributed by atoms with Crippen molar-refractivity contribution in [2.75, 3.05) is 33.4 Å². The van der Waals surface area contributed by atoms with Gasteiger partial charge in [-0.05, 0) is 25.5 Å². The first-order valence-electron chi connectivity index (χ1n) is 6.21. The van der Waals surface area contributed by atoms with E-state index in [-0.39, 0.29) is 5.91 Å². The Balaban J connectivity index is 2.87. The SMILES string of the molecule is CCN(CCOC)C(=O)c1cc(C)c(C#CCN)s1. The molecule has 0 atom stereocenters. The van der Waals surface area contributed by atoms with Crippen LogP contribution in [0.1, 0.15) is 27.0 Å². The van der Waals surface area contributed by atoms with Crippen LogP contribution >= 0.6 is 11.3 Å². The summed E-state index contributed by atoms with van der Waals surface area (Å²) in [7, 11) is 1.63. The van der Waals surface area contributed by atoms with E-state index in [1.54, 1.807) is 12.0 Å². The molecule has 5 heteroatoms. The summed E-state index contributed by atoms with van der Waals surface area (Å²) < 4.78 is 5.02. The average Bonchev–Trinajstić information content (AvgIpc) is 2.78. The summed E-state index contributed by atoms with van der Waals surface area (Å²) in [6, 6.07) is 1.89. The third-order valence-corrected chi connectivity index (χ3v) is 3.81. The highest BCUT2D eigenvalue weighted by Crippen LogP contribution is 2.22. The van der Waals surface area contributed by atoms with Gasteiger partial charge in [0.05, 0.1) is 22.9 Å². The topological polar surface area (TPSA) is 55.6 Å². The zero-order valence-electron chi connectivity index (χ0n) is 11.7. The number of thiophene rings is 1. The van der Waals surface area contributed by atoms with Crippen LogP contribution in [0.15, 0.2) is 6.07 Å². The van der Waals surface area contributed by atoms with Crippen LogP contribution in [0, 0.1) is 18.8 Å². The van der Waals surface area contributed by atoms with Crippen molar-refractivity contribution in [1.29, 1.82) is 0 Å². The van der Waals surface area contributed by atoms with Crippen LogP contribution in [0.2, 0.25) is 0 Å². The molecule has 1 amide bonds. The minimum atomic E-state index is 0.0356. The first kappa shape index (κ1) is 15.7. The largest absolute Gasteiger partial charge is 0.383 e. The van der Waals surface area contributed by atoms with Gasteiger partial charge < -0.3 is 15.4 Å². The predicted molar refractivity (Wildman–Crippen MR) is 78.4 cm³/mol. The lowest BCUT2D eigenvalue weighted by molar-refractivity contribution is 0.0711. The number of likely N-dealkylation sites (N-methyl/N-ethyl adjacent to an activating group) is 1. The molecule has 19 heavy (non-hydrogen) atoms. The molecule has 1 aromatic rings. The van der Waals surface area contributed by atoms with Crippen LogP contribution in [0.4, 0.5) is 0 Å². The third kappa shape index (κ3) is 4.35. The van der Waals surface area contributed by atoms with Crippen molar-refractivity contribution in [3.63, 3.8) is 0 Å². The summed E-state index contributed by atoms with van der Waals surface area (Å²) in [5, 5.41) is 0. The maximum absolute atomic E-state index is 12.3. The number of nitrogens with zero attached hydrogens (tertiary/aromatic N) is 1. The predicted octanol–water partition coefficient (Wildman–Crippen LogP) is 1.48. The summed E-state index contributed by atoms with van der Waals surface area (Å²) >= 11 is 1.42. The van der Waals surface area contributed by atoms with Crippen LogP contribution in [0.3, 0.4) is 0 Å². The Morgan fingerprint density at radius 2 is 2.32 bits per heavy atom. The lowest BCUT2D eigenvalue weighted by atomic mass is 10.2. The Kier molecular flexibility index (Phi) is 6.57. The molecule has 0 unspecified atom stereocenters. The van der Waals surface area contributed by atoms with Gasteiger partial charge in [-0.3, -0.25) is 4.79 Å². The molecule has 4 nitrogen and oxygen atoms in total. The van der Waals surface area contributed by atoms with Gasteiger partial charge in [-0.25, -0.2) is 0 Å². The normalized spacial score (nSPS) is 9.89. The van der Waals surface area contributed by atoms with E-state index in [1.165, 1.54) is 11.3 Å². The second-order valence-electron chi connectivity index (χ2n) is 4.01. The number of methoxy groups -OCH3 is 1. The van der Waals surface area contributed by atoms with Crippen LogP contribution in [-0.4, -0.2) is 44.2 Å². The van der Waals surface area contributed by atoms with Crippen LogP contribution in [0.5, 0.6) is 0 Å². The van der Waals surface area contributed by atoms with Gasteiger partial charge in [0.25, 0.3) is 5.91 Å². The Hall–Kier alpha value is -1.35. The number of rotatable bonds is 5. The molecule has 1 heterocycles. The zero-order chi connectivity index (χ0) is 14.3. The Morgan fingerprint density at radius 3 is 2.89 bits per heavy atom. The molecule has 0 aliphatic heterocycles. The molecule has 1 rings (SSSR count). The molecular formula is C14H20N2O2S. The second-order valence-corrected chi connectivity index (χ2v) is 5.06. The molecule has 0 fully saturated rings. The van der Waals surface area contributed by atoms with Crippen molar-refractivity contribution < 1.29 is 9.53 Å². The maximum Gasteiger partial charge on any atom is 0.264 e. The fraction of sp³-hybridized carbons (Fsp3) is 0.500. The first-order valence-corrected chi connectivity index (χ1v) is 7.03. The number of carbonyl (C=O) groups excluding carboxylic acids is 1. The van der Waals surface area contributed by atoms with E-state index in [0.29, 0.717) is 26.2 Å². The highest BCUT2D eigenvalue weighted by atomic mass is 32.1. The van der Waals surface area contributed by atoms with Crippen LogP contribution < -0.4 is 5.73 Å². The summed E-state index contributed by atoms with van der Waals surface area (Å²) in [5.41, 5.74) is 6.38. The van der Waals surface area contributed by atoms with Gasteiger partial charge in [0.1, 0.15) is 0 Å². The van der Waals surface area contributed by atoms with Gasteiger partial charge in [-0.15, -0.1) is 11.3 Å². The van der Waals surface area contributed by atoms with Crippen LogP contribution in [-0.2, 0) is 4.74 Å². The van der Waals surface area contributed by atoms with E-state index in [2.05, 4.69) is 11.8 Å². The lowest BCUT2D eigenvalue weighted by Gasteiger charge is -2.19. The average molecular weight is 280 g/mol. The van der Waals surface area contributed by atoms with Crippen molar-refractivity contribution >= 4 is 17.2 Å². The number of hydrogen-bond acceptors (Lipinski definition) is 4.